The second kappa shape index (κ2) is 8.36. The SMILES string of the molecule is CCOC(=O)C1CCN(CCC(O)c2cc(F)ccc2F)CC1. The van der Waals surface area contributed by atoms with Gasteiger partial charge in [0.25, 0.3) is 0 Å². The van der Waals surface area contributed by atoms with Gasteiger partial charge in [-0.2, -0.15) is 0 Å². The molecule has 4 nitrogen and oxygen atoms in total. The van der Waals surface area contributed by atoms with Gasteiger partial charge in [-0.3, -0.25) is 4.79 Å². The van der Waals surface area contributed by atoms with Gasteiger partial charge in [0.05, 0.1) is 18.6 Å². The molecule has 0 bridgehead atoms. The summed E-state index contributed by atoms with van der Waals surface area (Å²) in [4.78, 5) is 13.8. The van der Waals surface area contributed by atoms with Crippen LogP contribution < -0.4 is 0 Å². The molecule has 2 rings (SSSR count). The second-order valence-corrected chi connectivity index (χ2v) is 5.84. The molecule has 0 aromatic heterocycles. The van der Waals surface area contributed by atoms with E-state index in [4.69, 9.17) is 4.74 Å². The molecule has 1 aliphatic rings. The smallest absolute Gasteiger partial charge is 0.309 e. The van der Waals surface area contributed by atoms with Crippen molar-refractivity contribution in [2.24, 2.45) is 5.92 Å². The molecule has 0 amide bonds. The van der Waals surface area contributed by atoms with Gasteiger partial charge in [0.1, 0.15) is 11.6 Å². The maximum Gasteiger partial charge on any atom is 0.309 e. The minimum Gasteiger partial charge on any atom is -0.466 e. The summed E-state index contributed by atoms with van der Waals surface area (Å²) in [7, 11) is 0. The van der Waals surface area contributed by atoms with Crippen LogP contribution in [0.5, 0.6) is 0 Å². The molecule has 0 spiro atoms. The van der Waals surface area contributed by atoms with Crippen molar-refractivity contribution in [1.29, 1.82) is 0 Å². The van der Waals surface area contributed by atoms with Gasteiger partial charge < -0.3 is 14.7 Å². The molecule has 1 N–H and O–H groups in total. The minimum absolute atomic E-state index is 0.00795. The molecule has 1 saturated heterocycles. The van der Waals surface area contributed by atoms with E-state index in [1.807, 2.05) is 0 Å². The zero-order valence-electron chi connectivity index (χ0n) is 13.3. The summed E-state index contributed by atoms with van der Waals surface area (Å²) >= 11 is 0. The summed E-state index contributed by atoms with van der Waals surface area (Å²) in [5.74, 6) is -1.36. The Labute approximate surface area is 135 Å². The molecule has 1 heterocycles. The Morgan fingerprint density at radius 1 is 1.39 bits per heavy atom. The summed E-state index contributed by atoms with van der Waals surface area (Å²) in [5, 5.41) is 10.1. The van der Waals surface area contributed by atoms with Crippen LogP contribution in [0.25, 0.3) is 0 Å². The van der Waals surface area contributed by atoms with Crippen molar-refractivity contribution in [3.63, 3.8) is 0 Å². The number of ether oxygens (including phenoxy) is 1. The number of benzene rings is 1. The third-order valence-corrected chi connectivity index (χ3v) is 4.24. The van der Waals surface area contributed by atoms with Gasteiger partial charge in [0, 0.05) is 12.1 Å². The van der Waals surface area contributed by atoms with E-state index in [2.05, 4.69) is 4.90 Å². The number of esters is 1. The highest BCUT2D eigenvalue weighted by Gasteiger charge is 2.26. The number of hydrogen-bond donors (Lipinski definition) is 1. The summed E-state index contributed by atoms with van der Waals surface area (Å²) in [6.07, 6.45) is 0.741. The highest BCUT2D eigenvalue weighted by molar-refractivity contribution is 5.72. The number of aliphatic hydroxyl groups excluding tert-OH is 1. The lowest BCUT2D eigenvalue weighted by Crippen LogP contribution is -2.37. The number of carbonyl (C=O) groups excluding carboxylic acids is 1. The Bertz CT molecular complexity index is 531. The molecule has 1 aliphatic heterocycles. The zero-order valence-corrected chi connectivity index (χ0v) is 13.3. The maximum absolute atomic E-state index is 13.6. The first-order chi connectivity index (χ1) is 11.0. The van der Waals surface area contributed by atoms with Crippen molar-refractivity contribution in [3.05, 3.63) is 35.4 Å². The number of piperidine rings is 1. The van der Waals surface area contributed by atoms with Crippen LogP contribution in [0.2, 0.25) is 0 Å². The maximum atomic E-state index is 13.6. The van der Waals surface area contributed by atoms with Crippen molar-refractivity contribution in [2.75, 3.05) is 26.2 Å². The fraction of sp³-hybridized carbons (Fsp3) is 0.588. The van der Waals surface area contributed by atoms with Crippen LogP contribution in [-0.4, -0.2) is 42.2 Å². The molecule has 1 atom stereocenters. The molecular formula is C17H23F2NO3. The molecule has 1 unspecified atom stereocenters. The number of halogens is 2. The Morgan fingerprint density at radius 3 is 2.74 bits per heavy atom. The normalized spacial score (nSPS) is 17.9. The third kappa shape index (κ3) is 4.97. The van der Waals surface area contributed by atoms with Crippen LogP contribution in [0.4, 0.5) is 8.78 Å². The number of aliphatic hydroxyl groups is 1. The lowest BCUT2D eigenvalue weighted by molar-refractivity contribution is -0.149. The first-order valence-corrected chi connectivity index (χ1v) is 8.03. The van der Waals surface area contributed by atoms with Gasteiger partial charge in [-0.1, -0.05) is 0 Å². The lowest BCUT2D eigenvalue weighted by atomic mass is 9.96. The predicted molar refractivity (Wildman–Crippen MR) is 81.7 cm³/mol. The van der Waals surface area contributed by atoms with E-state index < -0.39 is 17.7 Å². The number of carbonyl (C=O) groups is 1. The highest BCUT2D eigenvalue weighted by Crippen LogP contribution is 2.23. The van der Waals surface area contributed by atoms with Gasteiger partial charge in [0.15, 0.2) is 0 Å². The number of rotatable bonds is 6. The van der Waals surface area contributed by atoms with Crippen LogP contribution in [0.15, 0.2) is 18.2 Å². The minimum atomic E-state index is -1.03. The number of hydrogen-bond acceptors (Lipinski definition) is 4. The van der Waals surface area contributed by atoms with Crippen molar-refractivity contribution in [1.82, 2.24) is 4.90 Å². The summed E-state index contributed by atoms with van der Waals surface area (Å²) in [5.41, 5.74) is -0.00795. The quantitative estimate of drug-likeness (QED) is 0.816. The van der Waals surface area contributed by atoms with Gasteiger partial charge in [0.2, 0.25) is 0 Å². The molecule has 128 valence electrons. The van der Waals surface area contributed by atoms with E-state index in [-0.39, 0.29) is 17.5 Å². The van der Waals surface area contributed by atoms with Crippen molar-refractivity contribution >= 4 is 5.97 Å². The van der Waals surface area contributed by atoms with E-state index in [1.54, 1.807) is 6.92 Å². The standard InChI is InChI=1S/C17H23F2NO3/c1-2-23-17(22)12-5-8-20(9-6-12)10-7-16(21)14-11-13(18)3-4-15(14)19/h3-4,11-12,16,21H,2,5-10H2,1H3. The van der Waals surface area contributed by atoms with Crippen molar-refractivity contribution in [2.45, 2.75) is 32.3 Å². The molecule has 0 saturated carbocycles. The second-order valence-electron chi connectivity index (χ2n) is 5.84. The van der Waals surface area contributed by atoms with Crippen LogP contribution in [0, 0.1) is 17.6 Å². The Morgan fingerprint density at radius 2 is 2.09 bits per heavy atom. The monoisotopic (exact) mass is 327 g/mol. The number of likely N-dealkylation sites (tertiary alicyclic amines) is 1. The topological polar surface area (TPSA) is 49.8 Å². The third-order valence-electron chi connectivity index (χ3n) is 4.24. The van der Waals surface area contributed by atoms with Gasteiger partial charge in [-0.15, -0.1) is 0 Å². The molecule has 1 aromatic rings. The van der Waals surface area contributed by atoms with E-state index in [9.17, 15) is 18.7 Å². The molecule has 0 aliphatic carbocycles. The molecule has 1 fully saturated rings. The van der Waals surface area contributed by atoms with Crippen LogP contribution >= 0.6 is 0 Å². The fourth-order valence-electron chi connectivity index (χ4n) is 2.88. The zero-order chi connectivity index (χ0) is 16.8. The van der Waals surface area contributed by atoms with Gasteiger partial charge in [-0.05, 0) is 57.5 Å². The Hall–Kier alpha value is -1.53. The van der Waals surface area contributed by atoms with Crippen LogP contribution in [0.1, 0.15) is 37.9 Å². The summed E-state index contributed by atoms with van der Waals surface area (Å²) in [6, 6.07) is 3.09. The summed E-state index contributed by atoms with van der Waals surface area (Å²) < 4.78 is 31.8. The van der Waals surface area contributed by atoms with Gasteiger partial charge in [-0.25, -0.2) is 8.78 Å². The molecule has 6 heteroatoms. The van der Waals surface area contributed by atoms with Crippen LogP contribution in [0.3, 0.4) is 0 Å². The molecule has 1 aromatic carbocycles. The largest absolute Gasteiger partial charge is 0.466 e. The first-order valence-electron chi connectivity index (χ1n) is 8.03. The molecule has 0 radical (unpaired) electrons. The van der Waals surface area contributed by atoms with Crippen molar-refractivity contribution in [3.8, 4) is 0 Å². The van der Waals surface area contributed by atoms with E-state index >= 15 is 0 Å². The first kappa shape index (κ1) is 17.8. The highest BCUT2D eigenvalue weighted by atomic mass is 19.1. The van der Waals surface area contributed by atoms with E-state index in [0.717, 1.165) is 44.1 Å². The lowest BCUT2D eigenvalue weighted by Gasteiger charge is -2.31. The van der Waals surface area contributed by atoms with E-state index in [1.165, 1.54) is 0 Å². The Balaban J connectivity index is 1.79. The molecule has 23 heavy (non-hydrogen) atoms. The fourth-order valence-corrected chi connectivity index (χ4v) is 2.88. The average Bonchev–Trinajstić information content (AvgIpc) is 2.55. The molecular weight excluding hydrogens is 304 g/mol. The van der Waals surface area contributed by atoms with Crippen molar-refractivity contribution < 1.29 is 23.4 Å². The average molecular weight is 327 g/mol. The summed E-state index contributed by atoms with van der Waals surface area (Å²) in [6.45, 7) is 4.24. The Kier molecular flexibility index (Phi) is 6.47. The predicted octanol–water partition coefficient (Wildman–Crippen LogP) is 2.66. The number of nitrogens with zero attached hydrogens (tertiary/aromatic N) is 1. The van der Waals surface area contributed by atoms with Gasteiger partial charge >= 0.3 is 5.97 Å². The van der Waals surface area contributed by atoms with E-state index in [0.29, 0.717) is 19.6 Å². The van der Waals surface area contributed by atoms with Crippen LogP contribution in [-0.2, 0) is 9.53 Å².